The van der Waals surface area contributed by atoms with E-state index in [0.29, 0.717) is 30.4 Å². The van der Waals surface area contributed by atoms with E-state index < -0.39 is 0 Å². The van der Waals surface area contributed by atoms with Crippen LogP contribution in [0.2, 0.25) is 5.02 Å². The maximum atomic E-state index is 12.4. The number of rotatable bonds is 4. The molecule has 0 atom stereocenters. The van der Waals surface area contributed by atoms with Crippen molar-refractivity contribution in [2.45, 2.75) is 32.4 Å². The monoisotopic (exact) mass is 334 g/mol. The van der Waals surface area contributed by atoms with Gasteiger partial charge in [0.2, 0.25) is 0 Å². The van der Waals surface area contributed by atoms with E-state index >= 15 is 0 Å². The molecule has 6 nitrogen and oxygen atoms in total. The summed E-state index contributed by atoms with van der Waals surface area (Å²) in [5, 5.41) is 8.54. The van der Waals surface area contributed by atoms with Gasteiger partial charge >= 0.3 is 0 Å². The highest BCUT2D eigenvalue weighted by molar-refractivity contribution is 6.30. The molecule has 1 fully saturated rings. The summed E-state index contributed by atoms with van der Waals surface area (Å²) in [6.07, 6.45) is 3.41. The number of piperidine rings is 1. The smallest absolute Gasteiger partial charge is 0.276 e. The van der Waals surface area contributed by atoms with Gasteiger partial charge in [-0.2, -0.15) is 0 Å². The number of likely N-dealkylation sites (tertiary alicyclic amines) is 1. The summed E-state index contributed by atoms with van der Waals surface area (Å²) in [4.78, 5) is 14.2. The van der Waals surface area contributed by atoms with Crippen LogP contribution in [-0.4, -0.2) is 45.0 Å². The van der Waals surface area contributed by atoms with Crippen molar-refractivity contribution in [1.29, 1.82) is 0 Å². The van der Waals surface area contributed by atoms with Gasteiger partial charge in [0.15, 0.2) is 5.69 Å². The van der Waals surface area contributed by atoms with E-state index in [-0.39, 0.29) is 12.0 Å². The van der Waals surface area contributed by atoms with Gasteiger partial charge < -0.3 is 9.64 Å². The molecule has 2 aromatic rings. The summed E-state index contributed by atoms with van der Waals surface area (Å²) in [7, 11) is 0. The van der Waals surface area contributed by atoms with Crippen LogP contribution < -0.4 is 4.74 Å². The molecule has 0 N–H and O–H groups in total. The summed E-state index contributed by atoms with van der Waals surface area (Å²) < 4.78 is 7.59. The van der Waals surface area contributed by atoms with E-state index in [9.17, 15) is 4.79 Å². The Labute approximate surface area is 140 Å². The Morgan fingerprint density at radius 3 is 2.61 bits per heavy atom. The van der Waals surface area contributed by atoms with Crippen LogP contribution in [-0.2, 0) is 6.54 Å². The molecule has 0 aliphatic carbocycles. The van der Waals surface area contributed by atoms with Crippen LogP contribution in [0.5, 0.6) is 5.75 Å². The number of carbonyl (C=O) groups excluding carboxylic acids is 1. The van der Waals surface area contributed by atoms with E-state index in [1.165, 1.54) is 0 Å². The first kappa shape index (κ1) is 15.8. The third kappa shape index (κ3) is 3.82. The minimum atomic E-state index is -0.0605. The molecule has 23 heavy (non-hydrogen) atoms. The predicted octanol–water partition coefficient (Wildman–Crippen LogP) is 2.64. The van der Waals surface area contributed by atoms with E-state index in [0.717, 1.165) is 18.6 Å². The van der Waals surface area contributed by atoms with E-state index in [2.05, 4.69) is 10.3 Å². The average molecular weight is 335 g/mol. The molecule has 0 unspecified atom stereocenters. The second-order valence-electron chi connectivity index (χ2n) is 5.52. The number of halogens is 1. The molecule has 0 saturated carbocycles. The van der Waals surface area contributed by atoms with Crippen molar-refractivity contribution in [3.63, 3.8) is 0 Å². The minimum Gasteiger partial charge on any atom is -0.490 e. The molecule has 1 aliphatic heterocycles. The number of nitrogens with zero attached hydrogens (tertiary/aromatic N) is 4. The van der Waals surface area contributed by atoms with Gasteiger partial charge in [-0.15, -0.1) is 5.10 Å². The lowest BCUT2D eigenvalue weighted by Crippen LogP contribution is -2.41. The highest BCUT2D eigenvalue weighted by atomic mass is 35.5. The zero-order valence-corrected chi connectivity index (χ0v) is 13.7. The van der Waals surface area contributed by atoms with Crippen LogP contribution in [0.1, 0.15) is 30.3 Å². The lowest BCUT2D eigenvalue weighted by molar-refractivity contribution is 0.0590. The fraction of sp³-hybridized carbons (Fsp3) is 0.438. The van der Waals surface area contributed by atoms with Crippen LogP contribution in [0, 0.1) is 0 Å². The summed E-state index contributed by atoms with van der Waals surface area (Å²) in [6.45, 7) is 3.99. The maximum absolute atomic E-state index is 12.4. The Balaban J connectivity index is 1.53. The number of hydrogen-bond donors (Lipinski definition) is 0. The number of amides is 1. The standard InChI is InChI=1S/C16H19ClN4O2/c1-2-21-11-15(18-19-21)16(22)20-9-7-14(8-10-20)23-13-5-3-12(17)4-6-13/h3-6,11,14H,2,7-10H2,1H3. The SMILES string of the molecule is CCn1cc(C(=O)N2CCC(Oc3ccc(Cl)cc3)CC2)nn1. The Morgan fingerprint density at radius 1 is 1.30 bits per heavy atom. The topological polar surface area (TPSA) is 60.2 Å². The second kappa shape index (κ2) is 7.00. The Hall–Kier alpha value is -2.08. The zero-order chi connectivity index (χ0) is 16.2. The minimum absolute atomic E-state index is 0.0605. The van der Waals surface area contributed by atoms with E-state index in [1.54, 1.807) is 10.9 Å². The van der Waals surface area contributed by atoms with Crippen molar-refractivity contribution in [3.05, 3.63) is 41.2 Å². The summed E-state index contributed by atoms with van der Waals surface area (Å²) in [5.74, 6) is 0.750. The third-order valence-electron chi connectivity index (χ3n) is 3.93. The van der Waals surface area contributed by atoms with Gasteiger partial charge in [0.25, 0.3) is 5.91 Å². The number of ether oxygens (including phenoxy) is 1. The van der Waals surface area contributed by atoms with Gasteiger partial charge in [0.05, 0.1) is 6.20 Å². The number of benzene rings is 1. The normalized spacial score (nSPS) is 15.7. The quantitative estimate of drug-likeness (QED) is 0.862. The third-order valence-corrected chi connectivity index (χ3v) is 4.18. The van der Waals surface area contributed by atoms with Crippen LogP contribution in [0.4, 0.5) is 0 Å². The number of aryl methyl sites for hydroxylation is 1. The molecule has 1 aromatic carbocycles. The Bertz CT molecular complexity index is 663. The Morgan fingerprint density at radius 2 is 2.00 bits per heavy atom. The average Bonchev–Trinajstić information content (AvgIpc) is 3.06. The molecular formula is C16H19ClN4O2. The number of carbonyl (C=O) groups is 1. The Kier molecular flexibility index (Phi) is 4.81. The fourth-order valence-electron chi connectivity index (χ4n) is 2.60. The maximum Gasteiger partial charge on any atom is 0.276 e. The van der Waals surface area contributed by atoms with Gasteiger partial charge in [-0.25, -0.2) is 0 Å². The lowest BCUT2D eigenvalue weighted by atomic mass is 10.1. The largest absolute Gasteiger partial charge is 0.490 e. The van der Waals surface area contributed by atoms with Gasteiger partial charge in [-0.3, -0.25) is 9.48 Å². The highest BCUT2D eigenvalue weighted by Crippen LogP contribution is 2.21. The summed E-state index contributed by atoms with van der Waals surface area (Å²) >= 11 is 5.87. The first-order chi connectivity index (χ1) is 11.2. The zero-order valence-electron chi connectivity index (χ0n) is 13.0. The van der Waals surface area contributed by atoms with Crippen LogP contribution in [0.25, 0.3) is 0 Å². The second-order valence-corrected chi connectivity index (χ2v) is 5.96. The number of hydrogen-bond acceptors (Lipinski definition) is 4. The van der Waals surface area contributed by atoms with Crippen LogP contribution >= 0.6 is 11.6 Å². The molecule has 122 valence electrons. The fourth-order valence-corrected chi connectivity index (χ4v) is 2.72. The van der Waals surface area contributed by atoms with Gasteiger partial charge in [-0.05, 0) is 31.2 Å². The molecule has 0 bridgehead atoms. The molecule has 1 amide bonds. The first-order valence-corrected chi connectivity index (χ1v) is 8.15. The molecule has 1 aromatic heterocycles. The van der Waals surface area contributed by atoms with Crippen molar-refractivity contribution in [1.82, 2.24) is 19.9 Å². The summed E-state index contributed by atoms with van der Waals surface area (Å²) in [5.41, 5.74) is 0.406. The molecule has 2 heterocycles. The van der Waals surface area contributed by atoms with E-state index in [4.69, 9.17) is 16.3 Å². The summed E-state index contributed by atoms with van der Waals surface area (Å²) in [6, 6.07) is 7.35. The van der Waals surface area contributed by atoms with Crippen molar-refractivity contribution < 1.29 is 9.53 Å². The van der Waals surface area contributed by atoms with Crippen molar-refractivity contribution in [3.8, 4) is 5.75 Å². The molecule has 0 spiro atoms. The molecule has 7 heteroatoms. The number of aromatic nitrogens is 3. The van der Waals surface area contributed by atoms with Gasteiger partial charge in [0, 0.05) is 37.5 Å². The van der Waals surface area contributed by atoms with Crippen LogP contribution in [0.3, 0.4) is 0 Å². The molecule has 3 rings (SSSR count). The molecule has 0 radical (unpaired) electrons. The molecular weight excluding hydrogens is 316 g/mol. The first-order valence-electron chi connectivity index (χ1n) is 7.77. The van der Waals surface area contributed by atoms with Gasteiger partial charge in [0.1, 0.15) is 11.9 Å². The predicted molar refractivity (Wildman–Crippen MR) is 86.7 cm³/mol. The van der Waals surface area contributed by atoms with Gasteiger partial charge in [-0.1, -0.05) is 16.8 Å². The van der Waals surface area contributed by atoms with Crippen LogP contribution in [0.15, 0.2) is 30.5 Å². The van der Waals surface area contributed by atoms with Crippen molar-refractivity contribution in [2.75, 3.05) is 13.1 Å². The van der Waals surface area contributed by atoms with E-state index in [1.807, 2.05) is 36.1 Å². The van der Waals surface area contributed by atoms with Crippen molar-refractivity contribution in [2.24, 2.45) is 0 Å². The van der Waals surface area contributed by atoms with Crippen molar-refractivity contribution >= 4 is 17.5 Å². The highest BCUT2D eigenvalue weighted by Gasteiger charge is 2.26. The molecule has 1 aliphatic rings. The lowest BCUT2D eigenvalue weighted by Gasteiger charge is -2.31. The molecule has 1 saturated heterocycles.